The summed E-state index contributed by atoms with van der Waals surface area (Å²) in [6.07, 6.45) is 8.68. The Balaban J connectivity index is 2.02. The first-order valence-corrected chi connectivity index (χ1v) is 5.91. The largest absolute Gasteiger partial charge is 0.316 e. The van der Waals surface area contributed by atoms with Crippen LogP contribution in [0.15, 0.2) is 12.4 Å². The Morgan fingerprint density at radius 3 is 2.80 bits per heavy atom. The summed E-state index contributed by atoms with van der Waals surface area (Å²) in [4.78, 5) is 8.94. The highest BCUT2D eigenvalue weighted by Crippen LogP contribution is 2.19. The van der Waals surface area contributed by atoms with Crippen LogP contribution in [0.4, 0.5) is 0 Å². The monoisotopic (exact) mass is 205 g/mol. The van der Waals surface area contributed by atoms with E-state index in [0.717, 1.165) is 31.8 Å². The van der Waals surface area contributed by atoms with Crippen molar-refractivity contribution in [1.82, 2.24) is 15.3 Å². The molecule has 3 nitrogen and oxygen atoms in total. The number of hydrogen-bond acceptors (Lipinski definition) is 3. The van der Waals surface area contributed by atoms with Crippen LogP contribution in [0.25, 0.3) is 0 Å². The van der Waals surface area contributed by atoms with Crippen molar-refractivity contribution in [3.05, 3.63) is 23.8 Å². The normalized spacial score (nSPS) is 21.5. The fraction of sp³-hybridized carbons (Fsp3) is 0.667. The van der Waals surface area contributed by atoms with Crippen LogP contribution in [0, 0.1) is 0 Å². The topological polar surface area (TPSA) is 37.8 Å². The molecule has 0 aliphatic carbocycles. The van der Waals surface area contributed by atoms with Gasteiger partial charge in [-0.05, 0) is 31.4 Å². The van der Waals surface area contributed by atoms with E-state index in [9.17, 15) is 0 Å². The fourth-order valence-electron chi connectivity index (χ4n) is 2.07. The van der Waals surface area contributed by atoms with Crippen LogP contribution in [0.3, 0.4) is 0 Å². The molecule has 1 unspecified atom stereocenters. The Bertz CT molecular complexity index is 288. The van der Waals surface area contributed by atoms with E-state index in [4.69, 9.17) is 0 Å². The van der Waals surface area contributed by atoms with Crippen LogP contribution in [0.1, 0.15) is 43.5 Å². The zero-order valence-corrected chi connectivity index (χ0v) is 9.37. The number of piperidine rings is 1. The van der Waals surface area contributed by atoms with E-state index in [2.05, 4.69) is 22.2 Å². The van der Waals surface area contributed by atoms with Gasteiger partial charge in [-0.25, -0.2) is 9.97 Å². The standard InChI is InChI=1S/C12H19N3/c1-2-4-10-7-14-12(15-8-10)11-5-3-6-13-9-11/h7-8,11,13H,2-6,9H2,1H3. The molecule has 1 saturated heterocycles. The second-order valence-corrected chi connectivity index (χ2v) is 4.24. The van der Waals surface area contributed by atoms with Gasteiger partial charge in [0.1, 0.15) is 5.82 Å². The van der Waals surface area contributed by atoms with E-state index >= 15 is 0 Å². The number of nitrogens with one attached hydrogen (secondary N) is 1. The van der Waals surface area contributed by atoms with Crippen LogP contribution in [0.5, 0.6) is 0 Å². The third-order valence-electron chi connectivity index (χ3n) is 2.93. The lowest BCUT2D eigenvalue weighted by Gasteiger charge is -2.21. The summed E-state index contributed by atoms with van der Waals surface area (Å²) in [7, 11) is 0. The lowest BCUT2D eigenvalue weighted by molar-refractivity contribution is 0.446. The maximum atomic E-state index is 4.47. The Kier molecular flexibility index (Phi) is 3.67. The molecular formula is C12H19N3. The summed E-state index contributed by atoms with van der Waals surface area (Å²) in [6, 6.07) is 0. The van der Waals surface area contributed by atoms with Gasteiger partial charge in [0.15, 0.2) is 0 Å². The molecule has 1 aromatic heterocycles. The number of rotatable bonds is 3. The molecule has 1 N–H and O–H groups in total. The first-order valence-electron chi connectivity index (χ1n) is 5.91. The molecule has 82 valence electrons. The smallest absolute Gasteiger partial charge is 0.132 e. The molecule has 2 heterocycles. The van der Waals surface area contributed by atoms with Crippen LogP contribution in [0.2, 0.25) is 0 Å². The highest BCUT2D eigenvalue weighted by Gasteiger charge is 2.17. The molecule has 1 fully saturated rings. The predicted octanol–water partition coefficient (Wildman–Crippen LogP) is 1.90. The molecule has 1 aromatic rings. The Labute approximate surface area is 91.3 Å². The molecule has 0 radical (unpaired) electrons. The first-order chi connectivity index (χ1) is 7.40. The highest BCUT2D eigenvalue weighted by atomic mass is 14.9. The van der Waals surface area contributed by atoms with Gasteiger partial charge in [-0.2, -0.15) is 0 Å². The van der Waals surface area contributed by atoms with Gasteiger partial charge >= 0.3 is 0 Å². The average Bonchev–Trinajstić information content (AvgIpc) is 2.32. The summed E-state index contributed by atoms with van der Waals surface area (Å²) < 4.78 is 0. The molecule has 0 bridgehead atoms. The molecule has 2 rings (SSSR count). The molecule has 15 heavy (non-hydrogen) atoms. The van der Waals surface area contributed by atoms with Crippen molar-refractivity contribution in [3.63, 3.8) is 0 Å². The number of hydrogen-bond donors (Lipinski definition) is 1. The van der Waals surface area contributed by atoms with Crippen molar-refractivity contribution in [2.75, 3.05) is 13.1 Å². The minimum atomic E-state index is 0.523. The molecule has 0 saturated carbocycles. The van der Waals surface area contributed by atoms with Gasteiger partial charge in [0.05, 0.1) is 0 Å². The van der Waals surface area contributed by atoms with E-state index in [1.165, 1.54) is 18.4 Å². The maximum absolute atomic E-state index is 4.47. The summed E-state index contributed by atoms with van der Waals surface area (Å²) in [6.45, 7) is 4.36. The van der Waals surface area contributed by atoms with E-state index in [1.54, 1.807) is 0 Å². The van der Waals surface area contributed by atoms with Crippen molar-refractivity contribution in [3.8, 4) is 0 Å². The van der Waals surface area contributed by atoms with Gasteiger partial charge in [-0.3, -0.25) is 0 Å². The molecule has 1 atom stereocenters. The van der Waals surface area contributed by atoms with Gasteiger partial charge in [0.25, 0.3) is 0 Å². The van der Waals surface area contributed by atoms with Gasteiger partial charge in [-0.15, -0.1) is 0 Å². The van der Waals surface area contributed by atoms with Gasteiger partial charge < -0.3 is 5.32 Å². The fourth-order valence-corrected chi connectivity index (χ4v) is 2.07. The first kappa shape index (κ1) is 10.6. The van der Waals surface area contributed by atoms with Crippen molar-refractivity contribution < 1.29 is 0 Å². The van der Waals surface area contributed by atoms with E-state index in [-0.39, 0.29) is 0 Å². The SMILES string of the molecule is CCCc1cnc(C2CCCNC2)nc1. The number of nitrogens with zero attached hydrogens (tertiary/aromatic N) is 2. The van der Waals surface area contributed by atoms with Gasteiger partial charge in [0.2, 0.25) is 0 Å². The highest BCUT2D eigenvalue weighted by molar-refractivity contribution is 5.08. The lowest BCUT2D eigenvalue weighted by atomic mass is 9.99. The Hall–Kier alpha value is -0.960. The van der Waals surface area contributed by atoms with Crippen LogP contribution < -0.4 is 5.32 Å². The van der Waals surface area contributed by atoms with Crippen LogP contribution in [-0.4, -0.2) is 23.1 Å². The summed E-state index contributed by atoms with van der Waals surface area (Å²) in [5, 5.41) is 3.39. The van der Waals surface area contributed by atoms with E-state index < -0.39 is 0 Å². The molecule has 1 aliphatic rings. The number of aryl methyl sites for hydroxylation is 1. The average molecular weight is 205 g/mol. The molecule has 0 aromatic carbocycles. The molecule has 1 aliphatic heterocycles. The van der Waals surface area contributed by atoms with E-state index in [1.807, 2.05) is 12.4 Å². The molecular weight excluding hydrogens is 186 g/mol. The summed E-state index contributed by atoms with van der Waals surface area (Å²) >= 11 is 0. The van der Waals surface area contributed by atoms with E-state index in [0.29, 0.717) is 5.92 Å². The van der Waals surface area contributed by atoms with Crippen LogP contribution >= 0.6 is 0 Å². The second-order valence-electron chi connectivity index (χ2n) is 4.24. The van der Waals surface area contributed by atoms with Gasteiger partial charge in [-0.1, -0.05) is 13.3 Å². The molecule has 3 heteroatoms. The minimum Gasteiger partial charge on any atom is -0.316 e. The third-order valence-corrected chi connectivity index (χ3v) is 2.93. The van der Waals surface area contributed by atoms with Crippen molar-refractivity contribution in [2.45, 2.75) is 38.5 Å². The molecule has 0 amide bonds. The molecule has 0 spiro atoms. The van der Waals surface area contributed by atoms with Crippen LogP contribution in [-0.2, 0) is 6.42 Å². The third kappa shape index (κ3) is 2.75. The van der Waals surface area contributed by atoms with Crippen molar-refractivity contribution in [1.29, 1.82) is 0 Å². The second kappa shape index (κ2) is 5.21. The Morgan fingerprint density at radius 1 is 1.40 bits per heavy atom. The predicted molar refractivity (Wildman–Crippen MR) is 60.9 cm³/mol. The maximum Gasteiger partial charge on any atom is 0.132 e. The zero-order chi connectivity index (χ0) is 10.5. The Morgan fingerprint density at radius 2 is 2.20 bits per heavy atom. The minimum absolute atomic E-state index is 0.523. The van der Waals surface area contributed by atoms with Gasteiger partial charge in [0, 0.05) is 24.9 Å². The zero-order valence-electron chi connectivity index (χ0n) is 9.37. The van der Waals surface area contributed by atoms with Crippen molar-refractivity contribution >= 4 is 0 Å². The number of aromatic nitrogens is 2. The quantitative estimate of drug-likeness (QED) is 0.819. The summed E-state index contributed by atoms with van der Waals surface area (Å²) in [5.74, 6) is 1.54. The summed E-state index contributed by atoms with van der Waals surface area (Å²) in [5.41, 5.74) is 1.25. The van der Waals surface area contributed by atoms with Crippen molar-refractivity contribution in [2.24, 2.45) is 0 Å². The lowest BCUT2D eigenvalue weighted by Crippen LogP contribution is -2.29.